The Labute approximate surface area is 182 Å². The van der Waals surface area contributed by atoms with Crippen molar-refractivity contribution >= 4 is 34.5 Å². The number of hydrogen-bond donors (Lipinski definition) is 2. The number of rotatable bonds is 5. The number of alkyl halides is 3. The fourth-order valence-corrected chi connectivity index (χ4v) is 3.06. The lowest BCUT2D eigenvalue weighted by Crippen LogP contribution is -2.26. The van der Waals surface area contributed by atoms with Crippen LogP contribution in [0.2, 0.25) is 5.02 Å². The van der Waals surface area contributed by atoms with Gasteiger partial charge in [-0.2, -0.15) is 13.2 Å². The summed E-state index contributed by atoms with van der Waals surface area (Å²) in [5.74, 6) is -3.87. The van der Waals surface area contributed by atoms with Crippen molar-refractivity contribution in [1.29, 1.82) is 0 Å². The second-order valence-electron chi connectivity index (χ2n) is 6.21. The van der Waals surface area contributed by atoms with E-state index < -0.39 is 63.3 Å². The maximum atomic E-state index is 14.3. The Morgan fingerprint density at radius 2 is 1.84 bits per heavy atom. The fraction of sp³-hybridized carbons (Fsp3) is 0.0500. The Bertz CT molecular complexity index is 1230. The molecule has 12 heteroatoms. The summed E-state index contributed by atoms with van der Waals surface area (Å²) in [5, 5.41) is 3.31. The van der Waals surface area contributed by atoms with Crippen molar-refractivity contribution in [3.63, 3.8) is 0 Å². The molecule has 4 N–H and O–H groups in total. The van der Waals surface area contributed by atoms with Crippen molar-refractivity contribution < 1.29 is 31.3 Å². The summed E-state index contributed by atoms with van der Waals surface area (Å²) < 4.78 is 74.2. The van der Waals surface area contributed by atoms with E-state index in [9.17, 15) is 26.7 Å². The molecule has 166 valence electrons. The van der Waals surface area contributed by atoms with Crippen LogP contribution < -0.4 is 11.5 Å². The van der Waals surface area contributed by atoms with Gasteiger partial charge in [0.25, 0.3) is 5.91 Å². The average Bonchev–Trinajstić information content (AvgIpc) is 3.12. The molecule has 3 aromatic rings. The van der Waals surface area contributed by atoms with Gasteiger partial charge in [-0.25, -0.2) is 13.8 Å². The molecule has 0 radical (unpaired) electrons. The van der Waals surface area contributed by atoms with Gasteiger partial charge in [0.1, 0.15) is 22.9 Å². The number of amides is 1. The SMILES string of the molecule is NC=C(C(=Nc1cccc(F)c1)C(F)(F)F)c1onc(-c2c(F)cccc2Cl)c1C(N)=O. The zero-order valence-corrected chi connectivity index (χ0v) is 16.5. The van der Waals surface area contributed by atoms with Crippen LogP contribution in [0.1, 0.15) is 16.1 Å². The maximum absolute atomic E-state index is 14.3. The number of aliphatic imine (C=N–C) groups is 1. The van der Waals surface area contributed by atoms with E-state index in [1.165, 1.54) is 12.1 Å². The van der Waals surface area contributed by atoms with Crippen LogP contribution in [0.15, 0.2) is 58.2 Å². The van der Waals surface area contributed by atoms with Crippen molar-refractivity contribution in [2.45, 2.75) is 6.18 Å². The van der Waals surface area contributed by atoms with E-state index in [1.807, 2.05) is 0 Å². The van der Waals surface area contributed by atoms with E-state index in [0.717, 1.165) is 30.3 Å². The van der Waals surface area contributed by atoms with Crippen LogP contribution in [0.3, 0.4) is 0 Å². The molecule has 32 heavy (non-hydrogen) atoms. The van der Waals surface area contributed by atoms with Gasteiger partial charge in [-0.1, -0.05) is 28.9 Å². The lowest BCUT2D eigenvalue weighted by Gasteiger charge is -2.13. The number of halogens is 6. The molecule has 1 amide bonds. The second-order valence-corrected chi connectivity index (χ2v) is 6.62. The zero-order valence-electron chi connectivity index (χ0n) is 15.8. The van der Waals surface area contributed by atoms with Gasteiger partial charge in [-0.05, 0) is 30.3 Å². The van der Waals surface area contributed by atoms with Gasteiger partial charge in [0.2, 0.25) is 0 Å². The van der Waals surface area contributed by atoms with Gasteiger partial charge >= 0.3 is 6.18 Å². The molecule has 0 atom stereocenters. The lowest BCUT2D eigenvalue weighted by atomic mass is 9.99. The molecule has 6 nitrogen and oxygen atoms in total. The minimum Gasteiger partial charge on any atom is -0.404 e. The smallest absolute Gasteiger partial charge is 0.404 e. The molecule has 1 aromatic heterocycles. The van der Waals surface area contributed by atoms with Crippen molar-refractivity contribution in [3.8, 4) is 11.3 Å². The van der Waals surface area contributed by atoms with E-state index in [0.29, 0.717) is 6.20 Å². The number of nitrogens with two attached hydrogens (primary N) is 2. The molecule has 0 saturated heterocycles. The highest BCUT2D eigenvalue weighted by Gasteiger charge is 2.42. The second kappa shape index (κ2) is 8.79. The molecule has 0 spiro atoms. The normalized spacial score (nSPS) is 12.8. The van der Waals surface area contributed by atoms with E-state index in [4.69, 9.17) is 27.6 Å². The number of carbonyl (C=O) groups excluding carboxylic acids is 1. The molecular formula is C20H12ClF5N4O2. The number of carbonyl (C=O) groups is 1. The van der Waals surface area contributed by atoms with E-state index >= 15 is 0 Å². The van der Waals surface area contributed by atoms with Crippen LogP contribution in [0.4, 0.5) is 27.6 Å². The summed E-state index contributed by atoms with van der Waals surface area (Å²) in [6.07, 6.45) is -4.67. The summed E-state index contributed by atoms with van der Waals surface area (Å²) in [7, 11) is 0. The number of nitrogens with zero attached hydrogens (tertiary/aromatic N) is 2. The van der Waals surface area contributed by atoms with Gasteiger partial charge in [-0.15, -0.1) is 0 Å². The lowest BCUT2D eigenvalue weighted by molar-refractivity contribution is -0.0571. The van der Waals surface area contributed by atoms with Crippen LogP contribution in [-0.2, 0) is 0 Å². The molecule has 0 aliphatic rings. The summed E-state index contributed by atoms with van der Waals surface area (Å²) >= 11 is 5.97. The van der Waals surface area contributed by atoms with Crippen molar-refractivity contribution in [2.24, 2.45) is 16.5 Å². The first-order chi connectivity index (χ1) is 15.0. The van der Waals surface area contributed by atoms with E-state index in [2.05, 4.69) is 10.1 Å². The van der Waals surface area contributed by atoms with Gasteiger partial charge in [-0.3, -0.25) is 4.79 Å². The van der Waals surface area contributed by atoms with Crippen LogP contribution in [-0.4, -0.2) is 23.0 Å². The largest absolute Gasteiger partial charge is 0.434 e. The van der Waals surface area contributed by atoms with Gasteiger partial charge < -0.3 is 16.0 Å². The Morgan fingerprint density at radius 1 is 1.16 bits per heavy atom. The summed E-state index contributed by atoms with van der Waals surface area (Å²) in [6, 6.07) is 7.55. The number of hydrogen-bond acceptors (Lipinski definition) is 5. The molecule has 0 aliphatic heterocycles. The molecular weight excluding hydrogens is 459 g/mol. The van der Waals surface area contributed by atoms with E-state index in [1.54, 1.807) is 0 Å². The predicted octanol–water partition coefficient (Wildman–Crippen LogP) is 5.01. The summed E-state index contributed by atoms with van der Waals surface area (Å²) in [4.78, 5) is 15.5. The van der Waals surface area contributed by atoms with Crippen LogP contribution in [0.25, 0.3) is 16.8 Å². The first-order valence-corrected chi connectivity index (χ1v) is 9.00. The van der Waals surface area contributed by atoms with Crippen molar-refractivity contribution in [2.75, 3.05) is 0 Å². The monoisotopic (exact) mass is 470 g/mol. The van der Waals surface area contributed by atoms with Crippen molar-refractivity contribution in [1.82, 2.24) is 5.16 Å². The summed E-state index contributed by atoms with van der Waals surface area (Å²) in [6.45, 7) is 0. The first-order valence-electron chi connectivity index (χ1n) is 8.62. The summed E-state index contributed by atoms with van der Waals surface area (Å²) in [5.41, 5.74) is 6.14. The zero-order chi connectivity index (χ0) is 23.6. The van der Waals surface area contributed by atoms with Gasteiger partial charge in [0, 0.05) is 6.20 Å². The number of allylic oxidation sites excluding steroid dienone is 1. The minimum atomic E-state index is -5.13. The Kier molecular flexibility index (Phi) is 6.30. The molecule has 1 heterocycles. The Balaban J connectivity index is 2.27. The Morgan fingerprint density at radius 3 is 2.41 bits per heavy atom. The molecule has 0 unspecified atom stereocenters. The van der Waals surface area contributed by atoms with Crippen LogP contribution >= 0.6 is 11.6 Å². The highest BCUT2D eigenvalue weighted by molar-refractivity contribution is 6.34. The predicted molar refractivity (Wildman–Crippen MR) is 107 cm³/mol. The number of aromatic nitrogens is 1. The highest BCUT2D eigenvalue weighted by Crippen LogP contribution is 2.38. The molecule has 0 aliphatic carbocycles. The van der Waals surface area contributed by atoms with Gasteiger partial charge in [0.15, 0.2) is 11.5 Å². The third kappa shape index (κ3) is 4.47. The van der Waals surface area contributed by atoms with Crippen LogP contribution in [0.5, 0.6) is 0 Å². The fourth-order valence-electron chi connectivity index (χ4n) is 2.81. The highest BCUT2D eigenvalue weighted by atomic mass is 35.5. The average molecular weight is 471 g/mol. The Hall–Kier alpha value is -3.73. The third-order valence-corrected chi connectivity index (χ3v) is 4.44. The maximum Gasteiger partial charge on any atom is 0.434 e. The standard InChI is InChI=1S/C20H12ClF5N4O2/c21-12-5-2-6-13(23)14(12)16-15(19(28)31)17(32-30-16)11(8-27)18(20(24,25)26)29-10-4-1-3-9(22)7-10/h1-8H,27H2,(H2,28,31). The quantitative estimate of drug-likeness (QED) is 0.404. The third-order valence-electron chi connectivity index (χ3n) is 4.12. The molecule has 0 fully saturated rings. The van der Waals surface area contributed by atoms with E-state index in [-0.39, 0.29) is 5.02 Å². The topological polar surface area (TPSA) is 108 Å². The number of primary amides is 1. The van der Waals surface area contributed by atoms with Gasteiger partial charge in [0.05, 0.1) is 21.8 Å². The molecule has 0 bridgehead atoms. The van der Waals surface area contributed by atoms with Crippen molar-refractivity contribution in [3.05, 3.63) is 76.6 Å². The first kappa shape index (κ1) is 22.9. The number of benzene rings is 2. The molecule has 2 aromatic carbocycles. The van der Waals surface area contributed by atoms with Crippen LogP contribution in [0, 0.1) is 11.6 Å². The minimum absolute atomic E-state index is 0.199. The molecule has 0 saturated carbocycles. The molecule has 3 rings (SSSR count).